The van der Waals surface area contributed by atoms with Crippen molar-refractivity contribution < 1.29 is 14.3 Å². The molecule has 0 atom stereocenters. The van der Waals surface area contributed by atoms with Crippen LogP contribution in [0.15, 0.2) is 28.7 Å². The number of esters is 1. The summed E-state index contributed by atoms with van der Waals surface area (Å²) in [5, 5.41) is 1.05. The number of aromatic nitrogens is 2. The van der Waals surface area contributed by atoms with Crippen LogP contribution in [0.5, 0.6) is 0 Å². The fourth-order valence-electron chi connectivity index (χ4n) is 2.19. The third kappa shape index (κ3) is 4.79. The van der Waals surface area contributed by atoms with Crippen LogP contribution in [-0.2, 0) is 27.3 Å². The van der Waals surface area contributed by atoms with Crippen molar-refractivity contribution >= 4 is 45.1 Å². The first-order valence-electron chi connectivity index (χ1n) is 7.94. The Morgan fingerprint density at radius 1 is 1.44 bits per heavy atom. The van der Waals surface area contributed by atoms with Gasteiger partial charge in [-0.25, -0.2) is 4.98 Å². The number of nitrogens with zero attached hydrogens (tertiary/aromatic N) is 2. The topological polar surface area (TPSA) is 78.3 Å². The highest BCUT2D eigenvalue weighted by Crippen LogP contribution is 2.25. The van der Waals surface area contributed by atoms with Crippen molar-refractivity contribution in [2.45, 2.75) is 38.4 Å². The zero-order chi connectivity index (χ0) is 18.4. The normalized spacial score (nSPS) is 10.8. The number of ketones is 1. The number of allylic oxidation sites excluding steroid dienone is 1. The van der Waals surface area contributed by atoms with E-state index in [1.54, 1.807) is 13.0 Å². The van der Waals surface area contributed by atoms with Crippen LogP contribution in [0.4, 0.5) is 0 Å². The average molecular weight is 380 g/mol. The second kappa shape index (κ2) is 8.96. The first-order valence-corrected chi connectivity index (χ1v) is 9.74. The number of hydrogen-bond donors (Lipinski definition) is 0. The van der Waals surface area contributed by atoms with Crippen LogP contribution in [0.2, 0.25) is 0 Å². The molecule has 0 amide bonds. The predicted molar refractivity (Wildman–Crippen MR) is 100 cm³/mol. The monoisotopic (exact) mass is 380 g/mol. The summed E-state index contributed by atoms with van der Waals surface area (Å²) in [5.74, 6) is -0.742. The molecule has 0 bridgehead atoms. The molecule has 6 nitrogen and oxygen atoms in total. The Balaban J connectivity index is 2.25. The molecule has 0 spiro atoms. The molecular weight excluding hydrogens is 360 g/mol. The van der Waals surface area contributed by atoms with Crippen LogP contribution >= 0.6 is 23.1 Å². The molecule has 25 heavy (non-hydrogen) atoms. The van der Waals surface area contributed by atoms with Crippen molar-refractivity contribution in [2.75, 3.05) is 12.4 Å². The first-order chi connectivity index (χ1) is 12.0. The molecule has 0 fully saturated rings. The van der Waals surface area contributed by atoms with E-state index in [9.17, 15) is 14.4 Å². The van der Waals surface area contributed by atoms with Crippen molar-refractivity contribution in [3.63, 3.8) is 0 Å². The summed E-state index contributed by atoms with van der Waals surface area (Å²) < 4.78 is 6.27. The third-order valence-corrected chi connectivity index (χ3v) is 5.55. The van der Waals surface area contributed by atoms with Gasteiger partial charge in [-0.2, -0.15) is 0 Å². The van der Waals surface area contributed by atoms with Gasteiger partial charge in [0.1, 0.15) is 11.3 Å². The zero-order valence-electron chi connectivity index (χ0n) is 14.2. The van der Waals surface area contributed by atoms with E-state index >= 15 is 0 Å². The van der Waals surface area contributed by atoms with Crippen LogP contribution in [-0.4, -0.2) is 33.7 Å². The van der Waals surface area contributed by atoms with Gasteiger partial charge in [0.15, 0.2) is 10.9 Å². The minimum atomic E-state index is -0.536. The van der Waals surface area contributed by atoms with Crippen LogP contribution in [0.3, 0.4) is 0 Å². The largest absolute Gasteiger partial charge is 0.466 e. The van der Waals surface area contributed by atoms with Gasteiger partial charge in [-0.15, -0.1) is 17.9 Å². The van der Waals surface area contributed by atoms with Crippen molar-refractivity contribution in [1.29, 1.82) is 0 Å². The Kier molecular flexibility index (Phi) is 6.95. The number of carbonyl (C=O) groups is 2. The van der Waals surface area contributed by atoms with Gasteiger partial charge in [0.25, 0.3) is 5.56 Å². The molecule has 0 unspecified atom stereocenters. The van der Waals surface area contributed by atoms with E-state index in [-0.39, 0.29) is 30.1 Å². The molecule has 2 rings (SSSR count). The summed E-state index contributed by atoms with van der Waals surface area (Å²) in [6, 6.07) is 1.87. The average Bonchev–Trinajstić information content (AvgIpc) is 2.99. The second-order valence-corrected chi connectivity index (χ2v) is 7.25. The number of thiophene rings is 1. The van der Waals surface area contributed by atoms with Gasteiger partial charge in [-0.05, 0) is 19.4 Å². The molecule has 2 heterocycles. The van der Waals surface area contributed by atoms with Crippen molar-refractivity contribution in [3.8, 4) is 0 Å². The fraction of sp³-hybridized carbons (Fsp3) is 0.412. The summed E-state index contributed by atoms with van der Waals surface area (Å²) in [6.07, 6.45) is 2.18. The third-order valence-electron chi connectivity index (χ3n) is 3.34. The summed E-state index contributed by atoms with van der Waals surface area (Å²) in [7, 11) is 0. The lowest BCUT2D eigenvalue weighted by molar-refractivity contribution is -0.145. The highest BCUT2D eigenvalue weighted by Gasteiger charge is 2.16. The van der Waals surface area contributed by atoms with Crippen molar-refractivity contribution in [1.82, 2.24) is 9.55 Å². The molecule has 2 aromatic rings. The maximum absolute atomic E-state index is 12.7. The van der Waals surface area contributed by atoms with Gasteiger partial charge in [0.05, 0.1) is 17.7 Å². The molecule has 0 aliphatic carbocycles. The lowest BCUT2D eigenvalue weighted by atomic mass is 10.3. The highest BCUT2D eigenvalue weighted by molar-refractivity contribution is 7.99. The number of rotatable bonds is 9. The van der Waals surface area contributed by atoms with Crippen LogP contribution < -0.4 is 5.56 Å². The summed E-state index contributed by atoms with van der Waals surface area (Å²) in [5.41, 5.74) is -0.138. The summed E-state index contributed by atoms with van der Waals surface area (Å²) in [4.78, 5) is 42.3. The van der Waals surface area contributed by atoms with Crippen LogP contribution in [0, 0.1) is 0 Å². The van der Waals surface area contributed by atoms with Crippen molar-refractivity contribution in [3.05, 3.63) is 34.0 Å². The lowest BCUT2D eigenvalue weighted by Gasteiger charge is -2.09. The fourth-order valence-corrected chi connectivity index (χ4v) is 4.07. The molecule has 2 aromatic heterocycles. The molecule has 0 aromatic carbocycles. The Labute approximate surface area is 153 Å². The Hall–Kier alpha value is -1.93. The minimum Gasteiger partial charge on any atom is -0.466 e. The highest BCUT2D eigenvalue weighted by atomic mass is 32.2. The van der Waals surface area contributed by atoms with Gasteiger partial charge in [0.2, 0.25) is 0 Å². The number of fused-ring (bicyclic) bond motifs is 1. The molecule has 0 saturated carbocycles. The Morgan fingerprint density at radius 2 is 2.20 bits per heavy atom. The van der Waals surface area contributed by atoms with E-state index in [0.717, 1.165) is 23.1 Å². The van der Waals surface area contributed by atoms with Gasteiger partial charge < -0.3 is 4.74 Å². The molecule has 8 heteroatoms. The van der Waals surface area contributed by atoms with Crippen LogP contribution in [0.1, 0.15) is 25.1 Å². The van der Waals surface area contributed by atoms with Gasteiger partial charge >= 0.3 is 5.97 Å². The first kappa shape index (κ1) is 19.4. The van der Waals surface area contributed by atoms with Gasteiger partial charge in [-0.1, -0.05) is 24.8 Å². The maximum atomic E-state index is 12.7. The maximum Gasteiger partial charge on any atom is 0.313 e. The molecule has 0 N–H and O–H groups in total. The van der Waals surface area contributed by atoms with E-state index in [1.165, 1.54) is 15.9 Å². The van der Waals surface area contributed by atoms with Gasteiger partial charge in [0, 0.05) is 11.4 Å². The Bertz CT molecular complexity index is 854. The summed E-state index contributed by atoms with van der Waals surface area (Å²) >= 11 is 2.64. The smallest absolute Gasteiger partial charge is 0.313 e. The SMILES string of the molecule is C=CCn1c(SCC(=O)CC(=O)OCC)nc2sc(CC)cc2c1=O. The predicted octanol–water partition coefficient (Wildman–Crippen LogP) is 2.82. The lowest BCUT2D eigenvalue weighted by Crippen LogP contribution is -2.22. The summed E-state index contributed by atoms with van der Waals surface area (Å²) in [6.45, 7) is 7.94. The van der Waals surface area contributed by atoms with E-state index in [2.05, 4.69) is 11.6 Å². The number of carbonyl (C=O) groups excluding carboxylic acids is 2. The number of ether oxygens (including phenoxy) is 1. The van der Waals surface area contributed by atoms with Gasteiger partial charge in [-0.3, -0.25) is 19.0 Å². The number of aryl methyl sites for hydroxylation is 1. The molecule has 0 radical (unpaired) electrons. The molecule has 0 saturated heterocycles. The van der Waals surface area contributed by atoms with E-state index < -0.39 is 5.97 Å². The molecule has 0 aliphatic heterocycles. The quantitative estimate of drug-likeness (QED) is 0.219. The molecule has 134 valence electrons. The molecular formula is C17H20N2O4S2. The van der Waals surface area contributed by atoms with E-state index in [4.69, 9.17) is 4.74 Å². The minimum absolute atomic E-state index is 0.0555. The standard InChI is InChI=1S/C17H20N2O4S2/c1-4-7-19-16(22)13-9-12(5-2)25-15(13)18-17(19)24-10-11(20)8-14(21)23-6-3/h4,9H,1,5-8,10H2,2-3H3. The van der Waals surface area contributed by atoms with E-state index in [1.807, 2.05) is 13.0 Å². The van der Waals surface area contributed by atoms with E-state index in [0.29, 0.717) is 21.9 Å². The van der Waals surface area contributed by atoms with Crippen molar-refractivity contribution in [2.24, 2.45) is 0 Å². The number of hydrogen-bond acceptors (Lipinski definition) is 7. The number of Topliss-reactive ketones (excluding diaryl/α,β-unsaturated/α-hetero) is 1. The van der Waals surface area contributed by atoms with Crippen LogP contribution in [0.25, 0.3) is 10.2 Å². The Morgan fingerprint density at radius 3 is 2.84 bits per heavy atom. The zero-order valence-corrected chi connectivity index (χ0v) is 15.9. The molecule has 0 aliphatic rings. The number of thioether (sulfide) groups is 1. The second-order valence-electron chi connectivity index (χ2n) is 5.19.